The number of hydrogen-bond donors (Lipinski definition) is 2. The number of H-pyrrole nitrogens is 1. The minimum atomic E-state index is -0.481. The molecule has 25 heavy (non-hydrogen) atoms. The van der Waals surface area contributed by atoms with Crippen LogP contribution in [0.15, 0.2) is 48.5 Å². The van der Waals surface area contributed by atoms with E-state index in [0.717, 1.165) is 33.3 Å². The molecule has 0 saturated heterocycles. The van der Waals surface area contributed by atoms with Crippen LogP contribution in [-0.4, -0.2) is 23.0 Å². The first-order chi connectivity index (χ1) is 12.1. The second-order valence-electron chi connectivity index (χ2n) is 6.05. The fraction of sp³-hybridized carbons (Fsp3) is 0.100. The van der Waals surface area contributed by atoms with Gasteiger partial charge in [-0.25, -0.2) is 4.98 Å². The predicted molar refractivity (Wildman–Crippen MR) is 98.8 cm³/mol. The Morgan fingerprint density at radius 3 is 2.56 bits per heavy atom. The van der Waals surface area contributed by atoms with Crippen LogP contribution < -0.4 is 10.5 Å². The highest BCUT2D eigenvalue weighted by molar-refractivity contribution is 6.13. The number of methoxy groups -OCH3 is 1. The molecule has 0 spiro atoms. The zero-order chi connectivity index (χ0) is 17.6. The summed E-state index contributed by atoms with van der Waals surface area (Å²) in [6.45, 7) is 2.02. The van der Waals surface area contributed by atoms with Gasteiger partial charge in [0.1, 0.15) is 5.75 Å². The number of carbonyl (C=O) groups is 1. The third kappa shape index (κ3) is 2.50. The van der Waals surface area contributed by atoms with E-state index in [1.54, 1.807) is 13.2 Å². The molecule has 0 radical (unpaired) electrons. The van der Waals surface area contributed by atoms with Crippen molar-refractivity contribution in [1.29, 1.82) is 0 Å². The van der Waals surface area contributed by atoms with Crippen molar-refractivity contribution in [2.24, 2.45) is 5.73 Å². The second kappa shape index (κ2) is 5.63. The average molecular weight is 331 g/mol. The molecular formula is C20H17N3O2. The van der Waals surface area contributed by atoms with E-state index in [0.29, 0.717) is 16.8 Å². The number of nitrogens with two attached hydrogens (primary N) is 1. The Bertz CT molecular complexity index is 1110. The van der Waals surface area contributed by atoms with E-state index < -0.39 is 5.91 Å². The Kier molecular flexibility index (Phi) is 3.42. The molecule has 0 fully saturated rings. The Morgan fingerprint density at radius 1 is 1.12 bits per heavy atom. The SMILES string of the molecule is COc1ccc(-c2cc(C(N)=O)c3[nH]c4cc(C)ccc4c3n2)cc1. The maximum Gasteiger partial charge on any atom is 0.250 e. The van der Waals surface area contributed by atoms with Gasteiger partial charge in [0.05, 0.1) is 29.4 Å². The van der Waals surface area contributed by atoms with Crippen molar-refractivity contribution in [3.8, 4) is 17.0 Å². The quantitative estimate of drug-likeness (QED) is 0.599. The average Bonchev–Trinajstić information content (AvgIpc) is 2.98. The molecule has 3 N–H and O–H groups in total. The van der Waals surface area contributed by atoms with Crippen molar-refractivity contribution in [2.45, 2.75) is 6.92 Å². The smallest absolute Gasteiger partial charge is 0.250 e. The standard InChI is InChI=1S/C20H17N3O2/c1-11-3-8-14-17(9-11)23-19-15(20(21)24)10-16(22-18(14)19)12-4-6-13(25-2)7-5-12/h3-10,23H,1-2H3,(H2,21,24). The van der Waals surface area contributed by atoms with Crippen LogP contribution in [0.5, 0.6) is 5.75 Å². The van der Waals surface area contributed by atoms with Gasteiger partial charge in [0.25, 0.3) is 5.91 Å². The lowest BCUT2D eigenvalue weighted by atomic mass is 10.1. The van der Waals surface area contributed by atoms with Gasteiger partial charge in [-0.1, -0.05) is 12.1 Å². The number of rotatable bonds is 3. The normalized spacial score (nSPS) is 11.1. The summed E-state index contributed by atoms with van der Waals surface area (Å²) in [7, 11) is 1.62. The Labute approximate surface area is 144 Å². The van der Waals surface area contributed by atoms with Crippen LogP contribution in [0.1, 0.15) is 15.9 Å². The predicted octanol–water partition coefficient (Wildman–Crippen LogP) is 3.80. The zero-order valence-electron chi connectivity index (χ0n) is 14.0. The van der Waals surface area contributed by atoms with Crippen LogP contribution in [0, 0.1) is 6.92 Å². The van der Waals surface area contributed by atoms with Crippen molar-refractivity contribution in [2.75, 3.05) is 7.11 Å². The number of aromatic amines is 1. The number of amides is 1. The summed E-state index contributed by atoms with van der Waals surface area (Å²) in [5.74, 6) is 0.285. The number of ether oxygens (including phenoxy) is 1. The monoisotopic (exact) mass is 331 g/mol. The molecule has 4 aromatic rings. The van der Waals surface area contributed by atoms with E-state index in [1.807, 2.05) is 49.4 Å². The molecule has 2 aromatic heterocycles. The molecule has 0 aliphatic rings. The highest BCUT2D eigenvalue weighted by Gasteiger charge is 2.16. The molecule has 5 nitrogen and oxygen atoms in total. The summed E-state index contributed by atoms with van der Waals surface area (Å²) >= 11 is 0. The van der Waals surface area contributed by atoms with Crippen LogP contribution in [0.25, 0.3) is 33.2 Å². The van der Waals surface area contributed by atoms with Crippen LogP contribution >= 0.6 is 0 Å². The molecule has 5 heteroatoms. The third-order valence-electron chi connectivity index (χ3n) is 4.36. The van der Waals surface area contributed by atoms with Crippen molar-refractivity contribution < 1.29 is 9.53 Å². The van der Waals surface area contributed by atoms with Gasteiger partial charge in [0.2, 0.25) is 0 Å². The number of nitrogens with zero attached hydrogens (tertiary/aromatic N) is 1. The Balaban J connectivity index is 2.02. The van der Waals surface area contributed by atoms with Gasteiger partial charge in [-0.3, -0.25) is 4.79 Å². The molecule has 0 aliphatic carbocycles. The van der Waals surface area contributed by atoms with E-state index in [1.165, 1.54) is 0 Å². The molecular weight excluding hydrogens is 314 g/mol. The summed E-state index contributed by atoms with van der Waals surface area (Å²) < 4.78 is 5.19. The molecule has 0 unspecified atom stereocenters. The Hall–Kier alpha value is -3.34. The molecule has 0 aliphatic heterocycles. The first-order valence-corrected chi connectivity index (χ1v) is 7.94. The molecule has 4 rings (SSSR count). The van der Waals surface area contributed by atoms with E-state index in [4.69, 9.17) is 15.5 Å². The second-order valence-corrected chi connectivity index (χ2v) is 6.05. The maximum absolute atomic E-state index is 12.0. The van der Waals surface area contributed by atoms with E-state index >= 15 is 0 Å². The molecule has 0 bridgehead atoms. The summed E-state index contributed by atoms with van der Waals surface area (Å²) in [4.78, 5) is 20.1. The lowest BCUT2D eigenvalue weighted by Crippen LogP contribution is -2.12. The summed E-state index contributed by atoms with van der Waals surface area (Å²) in [6, 6.07) is 15.4. The van der Waals surface area contributed by atoms with E-state index in [9.17, 15) is 4.79 Å². The van der Waals surface area contributed by atoms with Crippen molar-refractivity contribution in [3.63, 3.8) is 0 Å². The molecule has 0 saturated carbocycles. The number of hydrogen-bond acceptors (Lipinski definition) is 3. The minimum absolute atomic E-state index is 0.435. The molecule has 1 amide bonds. The lowest BCUT2D eigenvalue weighted by Gasteiger charge is -2.06. The summed E-state index contributed by atoms with van der Waals surface area (Å²) in [5, 5.41) is 0.971. The minimum Gasteiger partial charge on any atom is -0.497 e. The first kappa shape index (κ1) is 15.2. The highest BCUT2D eigenvalue weighted by Crippen LogP contribution is 2.31. The van der Waals surface area contributed by atoms with Crippen LogP contribution in [-0.2, 0) is 0 Å². The maximum atomic E-state index is 12.0. The summed E-state index contributed by atoms with van der Waals surface area (Å²) in [5.41, 5.74) is 11.1. The van der Waals surface area contributed by atoms with E-state index in [2.05, 4.69) is 4.98 Å². The van der Waals surface area contributed by atoms with Gasteiger partial charge in [-0.05, 0) is 48.9 Å². The largest absolute Gasteiger partial charge is 0.497 e. The van der Waals surface area contributed by atoms with Gasteiger partial charge in [0, 0.05) is 16.5 Å². The van der Waals surface area contributed by atoms with Crippen LogP contribution in [0.3, 0.4) is 0 Å². The third-order valence-corrected chi connectivity index (χ3v) is 4.36. The molecule has 2 aromatic carbocycles. The lowest BCUT2D eigenvalue weighted by molar-refractivity contribution is 0.100. The first-order valence-electron chi connectivity index (χ1n) is 7.94. The zero-order valence-corrected chi connectivity index (χ0v) is 14.0. The van der Waals surface area contributed by atoms with Gasteiger partial charge < -0.3 is 15.5 Å². The molecule has 124 valence electrons. The van der Waals surface area contributed by atoms with Gasteiger partial charge in [-0.15, -0.1) is 0 Å². The number of nitrogens with one attached hydrogen (secondary N) is 1. The van der Waals surface area contributed by atoms with Crippen molar-refractivity contribution in [1.82, 2.24) is 9.97 Å². The Morgan fingerprint density at radius 2 is 1.88 bits per heavy atom. The van der Waals surface area contributed by atoms with Gasteiger partial charge in [-0.2, -0.15) is 0 Å². The summed E-state index contributed by atoms with van der Waals surface area (Å²) in [6.07, 6.45) is 0. The highest BCUT2D eigenvalue weighted by atomic mass is 16.5. The molecule has 0 atom stereocenters. The van der Waals surface area contributed by atoms with Crippen molar-refractivity contribution >= 4 is 27.8 Å². The van der Waals surface area contributed by atoms with E-state index in [-0.39, 0.29) is 0 Å². The van der Waals surface area contributed by atoms with Crippen molar-refractivity contribution in [3.05, 3.63) is 59.7 Å². The molecule has 2 heterocycles. The fourth-order valence-electron chi connectivity index (χ4n) is 3.07. The van der Waals surface area contributed by atoms with Gasteiger partial charge >= 0.3 is 0 Å². The van der Waals surface area contributed by atoms with Crippen LogP contribution in [0.2, 0.25) is 0 Å². The number of aromatic nitrogens is 2. The number of aryl methyl sites for hydroxylation is 1. The number of fused-ring (bicyclic) bond motifs is 3. The van der Waals surface area contributed by atoms with Gasteiger partial charge in [0.15, 0.2) is 0 Å². The number of carbonyl (C=O) groups excluding carboxylic acids is 1. The fourth-order valence-corrected chi connectivity index (χ4v) is 3.07. The number of primary amides is 1. The topological polar surface area (TPSA) is 81.0 Å². The number of pyridine rings is 1. The number of benzene rings is 2. The van der Waals surface area contributed by atoms with Crippen LogP contribution in [0.4, 0.5) is 0 Å².